The third kappa shape index (κ3) is 2.38. The van der Waals surface area contributed by atoms with Gasteiger partial charge in [0.05, 0.1) is 6.07 Å². The number of rotatable bonds is 3. The van der Waals surface area contributed by atoms with Gasteiger partial charge in [0.15, 0.2) is 17.4 Å². The average molecular weight is 209 g/mol. The van der Waals surface area contributed by atoms with Gasteiger partial charge in [0, 0.05) is 5.56 Å². The zero-order chi connectivity index (χ0) is 11.4. The molecule has 0 N–H and O–H groups in total. The van der Waals surface area contributed by atoms with Crippen LogP contribution in [0, 0.1) is 28.9 Å². The average Bonchev–Trinajstić information content (AvgIpc) is 2.23. The van der Waals surface area contributed by atoms with Crippen molar-refractivity contribution in [3.05, 3.63) is 35.4 Å². The van der Waals surface area contributed by atoms with Gasteiger partial charge >= 0.3 is 0 Å². The minimum absolute atomic E-state index is 0.0299. The van der Waals surface area contributed by atoms with Crippen molar-refractivity contribution in [1.82, 2.24) is 0 Å². The molecule has 0 aliphatic heterocycles. The van der Waals surface area contributed by atoms with E-state index in [2.05, 4.69) is 0 Å². The zero-order valence-corrected chi connectivity index (χ0v) is 8.13. The number of halogens is 2. The SMILES string of the molecule is CCC(C#N)C(=O)c1ccc(F)c(F)c1. The van der Waals surface area contributed by atoms with E-state index in [1.807, 2.05) is 6.07 Å². The van der Waals surface area contributed by atoms with E-state index in [4.69, 9.17) is 5.26 Å². The lowest BCUT2D eigenvalue weighted by Crippen LogP contribution is -2.12. The van der Waals surface area contributed by atoms with Crippen molar-refractivity contribution >= 4 is 5.78 Å². The highest BCUT2D eigenvalue weighted by Gasteiger charge is 2.18. The second kappa shape index (κ2) is 4.65. The number of carbonyl (C=O) groups excluding carboxylic acids is 1. The molecule has 0 amide bonds. The minimum Gasteiger partial charge on any atom is -0.293 e. The lowest BCUT2D eigenvalue weighted by Gasteiger charge is -2.04. The first kappa shape index (κ1) is 11.3. The molecule has 1 aromatic carbocycles. The maximum Gasteiger partial charge on any atom is 0.180 e. The molecule has 78 valence electrons. The fourth-order valence-corrected chi connectivity index (χ4v) is 1.19. The Morgan fingerprint density at radius 2 is 2.13 bits per heavy atom. The van der Waals surface area contributed by atoms with Crippen LogP contribution in [-0.4, -0.2) is 5.78 Å². The van der Waals surface area contributed by atoms with Crippen molar-refractivity contribution in [1.29, 1.82) is 5.26 Å². The lowest BCUT2D eigenvalue weighted by molar-refractivity contribution is 0.0946. The largest absolute Gasteiger partial charge is 0.293 e. The summed E-state index contributed by atoms with van der Waals surface area (Å²) in [6, 6.07) is 4.70. The summed E-state index contributed by atoms with van der Waals surface area (Å²) in [5.74, 6) is -3.35. The van der Waals surface area contributed by atoms with Gasteiger partial charge in [0.2, 0.25) is 0 Å². The van der Waals surface area contributed by atoms with Crippen molar-refractivity contribution in [2.75, 3.05) is 0 Å². The molecule has 0 heterocycles. The van der Waals surface area contributed by atoms with Crippen LogP contribution in [0.4, 0.5) is 8.78 Å². The second-order valence-corrected chi connectivity index (χ2v) is 3.08. The summed E-state index contributed by atoms with van der Waals surface area (Å²) < 4.78 is 25.4. The molecule has 0 fully saturated rings. The van der Waals surface area contributed by atoms with Gasteiger partial charge in [-0.05, 0) is 24.6 Å². The lowest BCUT2D eigenvalue weighted by atomic mass is 9.97. The monoisotopic (exact) mass is 209 g/mol. The van der Waals surface area contributed by atoms with Crippen LogP contribution in [0.1, 0.15) is 23.7 Å². The number of benzene rings is 1. The summed E-state index contributed by atoms with van der Waals surface area (Å²) in [5, 5.41) is 8.64. The van der Waals surface area contributed by atoms with Crippen molar-refractivity contribution < 1.29 is 13.6 Å². The quantitative estimate of drug-likeness (QED) is 0.718. The molecule has 0 aliphatic rings. The number of Topliss-reactive ketones (excluding diaryl/α,β-unsaturated/α-hetero) is 1. The van der Waals surface area contributed by atoms with Gasteiger partial charge in [-0.2, -0.15) is 5.26 Å². The third-order valence-electron chi connectivity index (χ3n) is 2.08. The summed E-state index contributed by atoms with van der Waals surface area (Å²) in [4.78, 5) is 11.6. The summed E-state index contributed by atoms with van der Waals surface area (Å²) >= 11 is 0. The first-order valence-electron chi connectivity index (χ1n) is 4.49. The van der Waals surface area contributed by atoms with E-state index in [0.29, 0.717) is 6.42 Å². The molecule has 0 bridgehead atoms. The molecule has 0 aromatic heterocycles. The Hall–Kier alpha value is -1.76. The predicted octanol–water partition coefficient (Wildman–Crippen LogP) is 2.70. The van der Waals surface area contributed by atoms with Gasteiger partial charge in [-0.3, -0.25) is 4.79 Å². The van der Waals surface area contributed by atoms with Crippen LogP contribution in [0.2, 0.25) is 0 Å². The van der Waals surface area contributed by atoms with Crippen LogP contribution in [0.3, 0.4) is 0 Å². The number of nitrogens with zero attached hydrogens (tertiary/aromatic N) is 1. The number of nitriles is 1. The zero-order valence-electron chi connectivity index (χ0n) is 8.13. The Labute approximate surface area is 86.1 Å². The Bertz CT molecular complexity index is 423. The molecule has 0 saturated carbocycles. The molecule has 0 spiro atoms. The first-order chi connectivity index (χ1) is 7.10. The third-order valence-corrected chi connectivity index (χ3v) is 2.08. The number of hydrogen-bond acceptors (Lipinski definition) is 2. The standard InChI is InChI=1S/C11H9F2NO/c1-2-7(6-14)11(15)8-3-4-9(12)10(13)5-8/h3-5,7H,2H2,1H3. The Balaban J connectivity index is 3.02. The number of carbonyl (C=O) groups is 1. The Morgan fingerprint density at radius 1 is 1.47 bits per heavy atom. The molecule has 4 heteroatoms. The van der Waals surface area contributed by atoms with E-state index in [1.54, 1.807) is 6.92 Å². The van der Waals surface area contributed by atoms with E-state index in [9.17, 15) is 13.6 Å². The highest BCUT2D eigenvalue weighted by molar-refractivity contribution is 5.99. The molecule has 0 aliphatic carbocycles. The Morgan fingerprint density at radius 3 is 2.60 bits per heavy atom. The molecule has 0 radical (unpaired) electrons. The van der Waals surface area contributed by atoms with E-state index in [0.717, 1.165) is 12.1 Å². The van der Waals surface area contributed by atoms with Gasteiger partial charge in [-0.1, -0.05) is 6.92 Å². The van der Waals surface area contributed by atoms with Gasteiger partial charge in [0.25, 0.3) is 0 Å². The van der Waals surface area contributed by atoms with Crippen LogP contribution in [0.25, 0.3) is 0 Å². The van der Waals surface area contributed by atoms with Crippen molar-refractivity contribution in [2.24, 2.45) is 5.92 Å². The smallest absolute Gasteiger partial charge is 0.180 e. The van der Waals surface area contributed by atoms with Crippen molar-refractivity contribution in [2.45, 2.75) is 13.3 Å². The summed E-state index contributed by atoms with van der Waals surface area (Å²) in [7, 11) is 0. The van der Waals surface area contributed by atoms with Gasteiger partial charge in [0.1, 0.15) is 5.92 Å². The summed E-state index contributed by atoms with van der Waals surface area (Å²) in [6.07, 6.45) is 0.355. The summed E-state index contributed by atoms with van der Waals surface area (Å²) in [6.45, 7) is 1.69. The highest BCUT2D eigenvalue weighted by Crippen LogP contribution is 2.14. The number of hydrogen-bond donors (Lipinski definition) is 0. The van der Waals surface area contributed by atoms with E-state index >= 15 is 0 Å². The molecular weight excluding hydrogens is 200 g/mol. The van der Waals surface area contributed by atoms with Crippen LogP contribution < -0.4 is 0 Å². The first-order valence-corrected chi connectivity index (χ1v) is 4.49. The molecule has 2 nitrogen and oxygen atoms in total. The molecule has 1 aromatic rings. The van der Waals surface area contributed by atoms with Crippen LogP contribution in [0.15, 0.2) is 18.2 Å². The van der Waals surface area contributed by atoms with Gasteiger partial charge < -0.3 is 0 Å². The normalized spacial score (nSPS) is 11.9. The van der Waals surface area contributed by atoms with Crippen LogP contribution >= 0.6 is 0 Å². The molecule has 1 atom stereocenters. The molecule has 0 saturated heterocycles. The van der Waals surface area contributed by atoms with Gasteiger partial charge in [-0.25, -0.2) is 8.78 Å². The summed E-state index contributed by atoms with van der Waals surface area (Å²) in [5.41, 5.74) is 0.0299. The molecule has 1 rings (SSSR count). The fourth-order valence-electron chi connectivity index (χ4n) is 1.19. The highest BCUT2D eigenvalue weighted by atomic mass is 19.2. The second-order valence-electron chi connectivity index (χ2n) is 3.08. The maximum absolute atomic E-state index is 12.8. The topological polar surface area (TPSA) is 40.9 Å². The van der Waals surface area contributed by atoms with E-state index in [-0.39, 0.29) is 5.56 Å². The maximum atomic E-state index is 12.8. The minimum atomic E-state index is -1.08. The predicted molar refractivity (Wildman–Crippen MR) is 50.1 cm³/mol. The van der Waals surface area contributed by atoms with Crippen LogP contribution in [-0.2, 0) is 0 Å². The molecule has 15 heavy (non-hydrogen) atoms. The molecular formula is C11H9F2NO. The number of ketones is 1. The van der Waals surface area contributed by atoms with Crippen molar-refractivity contribution in [3.8, 4) is 6.07 Å². The Kier molecular flexibility index (Phi) is 3.51. The van der Waals surface area contributed by atoms with E-state index in [1.165, 1.54) is 6.07 Å². The van der Waals surface area contributed by atoms with E-state index < -0.39 is 23.3 Å². The van der Waals surface area contributed by atoms with Crippen molar-refractivity contribution in [3.63, 3.8) is 0 Å². The van der Waals surface area contributed by atoms with Gasteiger partial charge in [-0.15, -0.1) is 0 Å². The fraction of sp³-hybridized carbons (Fsp3) is 0.273. The molecule has 1 unspecified atom stereocenters. The van der Waals surface area contributed by atoms with Crippen LogP contribution in [0.5, 0.6) is 0 Å².